The second-order valence-corrected chi connectivity index (χ2v) is 10.3. The van der Waals surface area contributed by atoms with Crippen LogP contribution in [0.25, 0.3) is 0 Å². The number of halogens is 1. The van der Waals surface area contributed by atoms with Crippen LogP contribution in [-0.4, -0.2) is 50.0 Å². The van der Waals surface area contributed by atoms with E-state index in [1.54, 1.807) is 14.2 Å². The number of hydrogen-bond donors (Lipinski definition) is 0. The number of piperidine rings is 1. The molecule has 1 saturated heterocycles. The van der Waals surface area contributed by atoms with E-state index in [2.05, 4.69) is 70.9 Å². The van der Waals surface area contributed by atoms with Crippen molar-refractivity contribution in [1.82, 2.24) is 4.90 Å². The maximum absolute atomic E-state index is 13.1. The van der Waals surface area contributed by atoms with Crippen molar-refractivity contribution in [3.05, 3.63) is 68.5 Å². The molecule has 0 spiro atoms. The zero-order chi connectivity index (χ0) is 22.5. The van der Waals surface area contributed by atoms with E-state index in [0.717, 1.165) is 42.0 Å². The molecule has 2 aliphatic carbocycles. The van der Waals surface area contributed by atoms with Crippen LogP contribution in [0, 0.1) is 9.49 Å². The van der Waals surface area contributed by atoms with Gasteiger partial charge in [-0.25, -0.2) is 0 Å². The van der Waals surface area contributed by atoms with Gasteiger partial charge >= 0.3 is 0 Å². The molecule has 3 aliphatic rings. The number of ketones is 1. The number of nitrogens with zero attached hydrogens (tertiary/aromatic N) is 1. The lowest BCUT2D eigenvalue weighted by molar-refractivity contribution is -0.122. The van der Waals surface area contributed by atoms with Gasteiger partial charge in [0.25, 0.3) is 0 Å². The molecule has 1 fully saturated rings. The summed E-state index contributed by atoms with van der Waals surface area (Å²) in [6.07, 6.45) is 4.35. The minimum absolute atomic E-state index is 0. The van der Waals surface area contributed by atoms with E-state index in [-0.39, 0.29) is 22.6 Å². The highest BCUT2D eigenvalue weighted by Gasteiger charge is 2.56. The lowest BCUT2D eigenvalue weighted by atomic mass is 9.53. The van der Waals surface area contributed by atoms with Crippen LogP contribution < -0.4 is 9.47 Å². The largest absolute Gasteiger partial charge is 0.493 e. The third-order valence-electron chi connectivity index (χ3n) is 7.48. The summed E-state index contributed by atoms with van der Waals surface area (Å²) in [5.41, 5.74) is 3.24. The van der Waals surface area contributed by atoms with Crippen LogP contribution >= 0.6 is 22.6 Å². The summed E-state index contributed by atoms with van der Waals surface area (Å²) < 4.78 is 18.9. The summed E-state index contributed by atoms with van der Waals surface area (Å²) in [4.78, 5) is 15.5. The molecule has 0 amide bonds. The number of carbonyl (C=O) groups excluding carboxylic acids is 1. The number of fused-ring (bicyclic) bond motifs is 1. The van der Waals surface area contributed by atoms with Gasteiger partial charge in [-0.3, -0.25) is 4.79 Å². The van der Waals surface area contributed by atoms with E-state index >= 15 is 0 Å². The first-order valence-electron chi connectivity index (χ1n) is 11.0. The fraction of sp³-hybridized carbons (Fsp3) is 0.423. The molecule has 1 aliphatic heterocycles. The molecule has 7 heteroatoms. The zero-order valence-electron chi connectivity index (χ0n) is 19.2. The van der Waals surface area contributed by atoms with Crippen LogP contribution in [0.5, 0.6) is 11.5 Å². The van der Waals surface area contributed by atoms with Crippen molar-refractivity contribution in [2.45, 2.75) is 37.3 Å². The van der Waals surface area contributed by atoms with Crippen molar-refractivity contribution in [1.29, 1.82) is 0 Å². The summed E-state index contributed by atoms with van der Waals surface area (Å²) in [5.74, 6) is 2.30. The van der Waals surface area contributed by atoms with Gasteiger partial charge in [0, 0.05) is 32.9 Å². The van der Waals surface area contributed by atoms with Crippen molar-refractivity contribution in [2.75, 3.05) is 27.8 Å². The molecule has 6 nitrogen and oxygen atoms in total. The number of Topliss-reactive ketones (excluding diaryl/α,β-unsaturated/α-hetero) is 1. The van der Waals surface area contributed by atoms with Crippen LogP contribution in [0.3, 0.4) is 0 Å². The van der Waals surface area contributed by atoms with E-state index in [9.17, 15) is 4.79 Å². The average molecular weight is 563 g/mol. The maximum Gasteiger partial charge on any atom is 0.197 e. The minimum atomic E-state index is -0.292. The first-order valence-corrected chi connectivity index (χ1v) is 12.1. The Bertz CT molecular complexity index is 1080. The Morgan fingerprint density at radius 2 is 1.88 bits per heavy atom. The normalized spacial score (nSPS) is 25.8. The third-order valence-corrected chi connectivity index (χ3v) is 8.20. The monoisotopic (exact) mass is 563 g/mol. The lowest BCUT2D eigenvalue weighted by Gasteiger charge is -2.56. The highest BCUT2D eigenvalue weighted by Crippen LogP contribution is 2.58. The van der Waals surface area contributed by atoms with Gasteiger partial charge < -0.3 is 24.6 Å². The molecule has 0 unspecified atom stereocenters. The highest BCUT2D eigenvalue weighted by molar-refractivity contribution is 14.1. The summed E-state index contributed by atoms with van der Waals surface area (Å²) >= 11 is 2.31. The predicted octanol–water partition coefficient (Wildman–Crippen LogP) is 3.67. The van der Waals surface area contributed by atoms with Gasteiger partial charge in [-0.1, -0.05) is 18.2 Å². The van der Waals surface area contributed by atoms with Crippen molar-refractivity contribution >= 4 is 28.4 Å². The number of allylic oxidation sites excluding steroid dienone is 1. The predicted molar refractivity (Wildman–Crippen MR) is 135 cm³/mol. The molecule has 5 rings (SSSR count). The fourth-order valence-corrected chi connectivity index (χ4v) is 6.25. The van der Waals surface area contributed by atoms with E-state index in [1.165, 1.54) is 9.13 Å². The number of benzene rings is 2. The maximum atomic E-state index is 13.1. The zero-order valence-corrected chi connectivity index (χ0v) is 21.3. The quantitative estimate of drug-likeness (QED) is 0.519. The number of carbonyl (C=O) groups is 1. The Balaban J connectivity index is 0.00000259. The summed E-state index contributed by atoms with van der Waals surface area (Å²) in [6.45, 7) is 1.42. The number of rotatable bonds is 5. The second kappa shape index (κ2) is 9.27. The van der Waals surface area contributed by atoms with Gasteiger partial charge in [-0.2, -0.15) is 0 Å². The summed E-state index contributed by atoms with van der Waals surface area (Å²) in [7, 11) is 5.47. The molecule has 2 bridgehead atoms. The number of ether oxygens (including phenoxy) is 3. The molecule has 3 atom stereocenters. The smallest absolute Gasteiger partial charge is 0.197 e. The molecule has 0 aromatic heterocycles. The number of likely N-dealkylation sites (N-methyl/N-ethyl adjacent to an activating group) is 1. The fourth-order valence-electron chi connectivity index (χ4n) is 5.89. The van der Waals surface area contributed by atoms with Gasteiger partial charge in [-0.05, 0) is 84.4 Å². The standard InChI is InChI=1S/C26H28INO4.H2O/c1-28-11-10-26-14-21(29)23(31-3)13-19(26)20(28)12-17-6-9-22(30-2)25(24(17)26)32-15-16-4-7-18(27)8-5-16;/h4-9,13,19-20H,10-12,14-15H2,1-3H3;1H2/t19-,20+,26-;/m1./s1. The van der Waals surface area contributed by atoms with Crippen molar-refractivity contribution < 1.29 is 24.5 Å². The molecule has 0 radical (unpaired) electrons. The molecule has 2 aromatic carbocycles. The number of likely N-dealkylation sites (tertiary alicyclic amines) is 1. The van der Waals surface area contributed by atoms with Crippen LogP contribution in [0.4, 0.5) is 0 Å². The Kier molecular flexibility index (Phi) is 6.75. The molecule has 0 saturated carbocycles. The SMILES string of the molecule is COC1=C[C@@H]2[C@@H]3Cc4ccc(OC)c(OCc5ccc(I)cc5)c4[C@]2(CCN3C)CC1=O.O. The van der Waals surface area contributed by atoms with Gasteiger partial charge in [0.05, 0.1) is 14.2 Å². The summed E-state index contributed by atoms with van der Waals surface area (Å²) in [6, 6.07) is 12.9. The Hall–Kier alpha value is -2.10. The van der Waals surface area contributed by atoms with E-state index < -0.39 is 0 Å². The molecular formula is C26H30INO5. The van der Waals surface area contributed by atoms with Gasteiger partial charge in [-0.15, -0.1) is 0 Å². The van der Waals surface area contributed by atoms with Crippen LogP contribution in [0.1, 0.15) is 29.5 Å². The first-order chi connectivity index (χ1) is 15.5. The lowest BCUT2D eigenvalue weighted by Crippen LogP contribution is -2.60. The summed E-state index contributed by atoms with van der Waals surface area (Å²) in [5, 5.41) is 0. The van der Waals surface area contributed by atoms with E-state index in [0.29, 0.717) is 24.8 Å². The Labute approximate surface area is 208 Å². The minimum Gasteiger partial charge on any atom is -0.493 e. The van der Waals surface area contributed by atoms with Crippen LogP contribution in [0.2, 0.25) is 0 Å². The van der Waals surface area contributed by atoms with Gasteiger partial charge in [0.1, 0.15) is 6.61 Å². The molecule has 176 valence electrons. The van der Waals surface area contributed by atoms with Crippen molar-refractivity contribution in [3.63, 3.8) is 0 Å². The average Bonchev–Trinajstić information content (AvgIpc) is 2.80. The third kappa shape index (κ3) is 3.94. The second-order valence-electron chi connectivity index (χ2n) is 9.07. The van der Waals surface area contributed by atoms with Crippen LogP contribution in [-0.2, 0) is 28.0 Å². The van der Waals surface area contributed by atoms with Crippen molar-refractivity contribution in [3.8, 4) is 11.5 Å². The number of hydrogen-bond acceptors (Lipinski definition) is 5. The molecule has 33 heavy (non-hydrogen) atoms. The molecule has 2 N–H and O–H groups in total. The van der Waals surface area contributed by atoms with Crippen molar-refractivity contribution in [2.24, 2.45) is 5.92 Å². The Morgan fingerprint density at radius 3 is 2.58 bits per heavy atom. The van der Waals surface area contributed by atoms with Gasteiger partial charge in [0.15, 0.2) is 23.0 Å². The van der Waals surface area contributed by atoms with E-state index in [1.807, 2.05) is 6.07 Å². The Morgan fingerprint density at radius 1 is 1.12 bits per heavy atom. The topological polar surface area (TPSA) is 79.5 Å². The highest BCUT2D eigenvalue weighted by atomic mass is 127. The molecule has 2 aromatic rings. The number of methoxy groups -OCH3 is 2. The van der Waals surface area contributed by atoms with Crippen LogP contribution in [0.15, 0.2) is 48.2 Å². The molecule has 1 heterocycles. The molecular weight excluding hydrogens is 533 g/mol. The van der Waals surface area contributed by atoms with E-state index in [4.69, 9.17) is 14.2 Å². The van der Waals surface area contributed by atoms with Gasteiger partial charge in [0.2, 0.25) is 0 Å². The first kappa shape index (κ1) is 24.0.